The van der Waals surface area contributed by atoms with E-state index in [2.05, 4.69) is 26.0 Å². The molecule has 0 N–H and O–H groups in total. The average molecular weight is 392 g/mol. The van der Waals surface area contributed by atoms with E-state index in [1.165, 1.54) is 51.4 Å². The molecule has 0 aromatic rings. The van der Waals surface area contributed by atoms with Crippen molar-refractivity contribution < 1.29 is 14.3 Å². The maximum absolute atomic E-state index is 12.9. The van der Waals surface area contributed by atoms with Crippen molar-refractivity contribution in [3.8, 4) is 0 Å². The summed E-state index contributed by atoms with van der Waals surface area (Å²) in [5, 5.41) is 0. The third-order valence-corrected chi connectivity index (χ3v) is 5.23. The highest BCUT2D eigenvalue weighted by Gasteiger charge is 2.29. The van der Waals surface area contributed by atoms with Crippen LogP contribution in [0.15, 0.2) is 23.3 Å². The lowest BCUT2D eigenvalue weighted by Gasteiger charge is -2.29. The second kappa shape index (κ2) is 15.4. The first-order chi connectivity index (χ1) is 13.6. The van der Waals surface area contributed by atoms with Gasteiger partial charge in [0.05, 0.1) is 19.7 Å². The molecule has 160 valence electrons. The fourth-order valence-corrected chi connectivity index (χ4v) is 3.52. The summed E-state index contributed by atoms with van der Waals surface area (Å²) in [6, 6.07) is 0. The van der Waals surface area contributed by atoms with E-state index in [1.807, 2.05) is 6.92 Å². The number of piperidine rings is 1. The van der Waals surface area contributed by atoms with Gasteiger partial charge in [0.1, 0.15) is 0 Å². The van der Waals surface area contributed by atoms with Crippen LogP contribution in [0.3, 0.4) is 0 Å². The van der Waals surface area contributed by atoms with Gasteiger partial charge in [-0.25, -0.2) is 4.79 Å². The van der Waals surface area contributed by atoms with Crippen LogP contribution in [-0.4, -0.2) is 36.5 Å². The predicted molar refractivity (Wildman–Crippen MR) is 117 cm³/mol. The van der Waals surface area contributed by atoms with Gasteiger partial charge in [-0.05, 0) is 32.6 Å². The van der Waals surface area contributed by atoms with Crippen LogP contribution < -0.4 is 0 Å². The molecular formula is C24H41NO3. The fourth-order valence-electron chi connectivity index (χ4n) is 3.52. The quantitative estimate of drug-likeness (QED) is 0.262. The second-order valence-electron chi connectivity index (χ2n) is 7.75. The number of likely N-dealkylation sites (tertiary alicyclic amines) is 1. The Bertz CT molecular complexity index is 486. The molecule has 0 aromatic heterocycles. The number of allylic oxidation sites excluding steroid dienone is 2. The van der Waals surface area contributed by atoms with Crippen molar-refractivity contribution in [1.29, 1.82) is 0 Å². The van der Waals surface area contributed by atoms with Gasteiger partial charge in [0.15, 0.2) is 5.78 Å². The Kier molecular flexibility index (Phi) is 13.4. The number of nitrogens with zero attached hydrogens (tertiary/aromatic N) is 1. The minimum absolute atomic E-state index is 0.127. The maximum atomic E-state index is 12.9. The summed E-state index contributed by atoms with van der Waals surface area (Å²) in [5.74, 6) is 0.127. The van der Waals surface area contributed by atoms with Crippen LogP contribution in [0.5, 0.6) is 0 Å². The third-order valence-electron chi connectivity index (χ3n) is 5.23. The first kappa shape index (κ1) is 24.5. The standard InChI is InChI=1S/C24H41NO3/c1-4-7-9-11-13-15-17-21-19-25(24(27)28-6-3)20-22(23(21)26)18-16-14-12-10-8-5-2/h17-18H,4-16,19-20H2,1-3H3/b21-17+,22-18+. The van der Waals surface area contributed by atoms with Crippen LogP contribution in [0.2, 0.25) is 0 Å². The van der Waals surface area contributed by atoms with Crippen LogP contribution in [0.25, 0.3) is 0 Å². The molecule has 1 aliphatic heterocycles. The van der Waals surface area contributed by atoms with Crippen molar-refractivity contribution >= 4 is 11.9 Å². The highest BCUT2D eigenvalue weighted by atomic mass is 16.6. The lowest BCUT2D eigenvalue weighted by Crippen LogP contribution is -2.42. The predicted octanol–water partition coefficient (Wildman–Crippen LogP) is 6.60. The zero-order chi connectivity index (χ0) is 20.6. The monoisotopic (exact) mass is 391 g/mol. The van der Waals surface area contributed by atoms with E-state index in [4.69, 9.17) is 4.74 Å². The largest absolute Gasteiger partial charge is 0.450 e. The van der Waals surface area contributed by atoms with Gasteiger partial charge in [-0.3, -0.25) is 9.69 Å². The van der Waals surface area contributed by atoms with E-state index in [0.29, 0.717) is 19.7 Å². The number of hydrogen-bond acceptors (Lipinski definition) is 3. The van der Waals surface area contributed by atoms with Gasteiger partial charge in [-0.2, -0.15) is 0 Å². The van der Waals surface area contributed by atoms with Crippen LogP contribution in [0.1, 0.15) is 97.8 Å². The highest BCUT2D eigenvalue weighted by Crippen LogP contribution is 2.21. The molecule has 4 heteroatoms. The number of carbonyl (C=O) groups is 2. The SMILES string of the molecule is CCCCCCC/C=C1\CN(C(=O)OCC)C/C(=C\CCCCCCC)C1=O. The van der Waals surface area contributed by atoms with Crippen LogP contribution in [-0.2, 0) is 9.53 Å². The van der Waals surface area contributed by atoms with Gasteiger partial charge in [-0.15, -0.1) is 0 Å². The molecule has 0 saturated carbocycles. The third kappa shape index (κ3) is 9.57. The molecule has 0 atom stereocenters. The molecule has 1 rings (SSSR count). The van der Waals surface area contributed by atoms with Gasteiger partial charge in [0, 0.05) is 11.1 Å². The molecule has 1 heterocycles. The van der Waals surface area contributed by atoms with E-state index < -0.39 is 0 Å². The van der Waals surface area contributed by atoms with Crippen molar-refractivity contribution in [1.82, 2.24) is 4.90 Å². The molecular weight excluding hydrogens is 350 g/mol. The minimum Gasteiger partial charge on any atom is -0.450 e. The minimum atomic E-state index is -0.322. The molecule has 0 aliphatic carbocycles. The molecule has 1 amide bonds. The normalized spacial score (nSPS) is 17.5. The second-order valence-corrected chi connectivity index (χ2v) is 7.75. The molecule has 0 radical (unpaired) electrons. The number of ketones is 1. The van der Waals surface area contributed by atoms with Gasteiger partial charge in [0.25, 0.3) is 0 Å². The Morgan fingerprint density at radius 1 is 0.821 bits per heavy atom. The molecule has 0 unspecified atom stereocenters. The first-order valence-electron chi connectivity index (χ1n) is 11.5. The Balaban J connectivity index is 2.67. The molecule has 1 saturated heterocycles. The number of rotatable bonds is 13. The van der Waals surface area contributed by atoms with E-state index in [9.17, 15) is 9.59 Å². The van der Waals surface area contributed by atoms with Gasteiger partial charge < -0.3 is 4.74 Å². The van der Waals surface area contributed by atoms with Crippen molar-refractivity contribution in [3.63, 3.8) is 0 Å². The Hall–Kier alpha value is -1.58. The van der Waals surface area contributed by atoms with Gasteiger partial charge >= 0.3 is 6.09 Å². The van der Waals surface area contributed by atoms with Crippen LogP contribution in [0, 0.1) is 0 Å². The van der Waals surface area contributed by atoms with E-state index in [-0.39, 0.29) is 11.9 Å². The number of unbranched alkanes of at least 4 members (excludes halogenated alkanes) is 10. The molecule has 0 bridgehead atoms. The van der Waals surface area contributed by atoms with Crippen LogP contribution in [0.4, 0.5) is 4.79 Å². The summed E-state index contributed by atoms with van der Waals surface area (Å²) in [6.45, 7) is 7.35. The molecule has 1 aliphatic rings. The van der Waals surface area contributed by atoms with Crippen molar-refractivity contribution in [3.05, 3.63) is 23.3 Å². The number of amides is 1. The summed E-state index contributed by atoms with van der Waals surface area (Å²) in [5.41, 5.74) is 1.51. The highest BCUT2D eigenvalue weighted by molar-refractivity contribution is 6.10. The maximum Gasteiger partial charge on any atom is 0.410 e. The van der Waals surface area contributed by atoms with Crippen molar-refractivity contribution in [2.24, 2.45) is 0 Å². The summed E-state index contributed by atoms with van der Waals surface area (Å²) in [6.07, 6.45) is 17.7. The zero-order valence-electron chi connectivity index (χ0n) is 18.4. The summed E-state index contributed by atoms with van der Waals surface area (Å²) < 4.78 is 5.17. The smallest absolute Gasteiger partial charge is 0.410 e. The number of Topliss-reactive ketones (excluding diaryl/α,β-unsaturated/α-hetero) is 1. The Morgan fingerprint density at radius 2 is 1.29 bits per heavy atom. The van der Waals surface area contributed by atoms with Crippen molar-refractivity contribution in [2.45, 2.75) is 97.8 Å². The Morgan fingerprint density at radius 3 is 1.71 bits per heavy atom. The molecule has 28 heavy (non-hydrogen) atoms. The molecule has 1 fully saturated rings. The summed E-state index contributed by atoms with van der Waals surface area (Å²) in [4.78, 5) is 26.8. The Labute approximate surface area is 172 Å². The number of hydrogen-bond donors (Lipinski definition) is 0. The molecule has 0 spiro atoms. The lowest BCUT2D eigenvalue weighted by molar-refractivity contribution is -0.113. The van der Waals surface area contributed by atoms with E-state index in [1.54, 1.807) is 4.90 Å². The zero-order valence-corrected chi connectivity index (χ0v) is 18.4. The average Bonchev–Trinajstić information content (AvgIpc) is 2.69. The number of ether oxygens (including phenoxy) is 1. The van der Waals surface area contributed by atoms with E-state index in [0.717, 1.165) is 36.8 Å². The van der Waals surface area contributed by atoms with Gasteiger partial charge in [0.2, 0.25) is 0 Å². The molecule has 0 aromatic carbocycles. The first-order valence-corrected chi connectivity index (χ1v) is 11.5. The summed E-state index contributed by atoms with van der Waals surface area (Å²) in [7, 11) is 0. The number of carbonyl (C=O) groups excluding carboxylic acids is 2. The van der Waals surface area contributed by atoms with E-state index >= 15 is 0 Å². The lowest BCUT2D eigenvalue weighted by atomic mass is 9.95. The van der Waals surface area contributed by atoms with Gasteiger partial charge in [-0.1, -0.05) is 77.4 Å². The molecule has 4 nitrogen and oxygen atoms in total. The fraction of sp³-hybridized carbons (Fsp3) is 0.750. The topological polar surface area (TPSA) is 46.6 Å². The van der Waals surface area contributed by atoms with Crippen LogP contribution >= 0.6 is 0 Å². The van der Waals surface area contributed by atoms with Crippen molar-refractivity contribution in [2.75, 3.05) is 19.7 Å². The summed E-state index contributed by atoms with van der Waals surface area (Å²) >= 11 is 0.